The lowest BCUT2D eigenvalue weighted by molar-refractivity contribution is 0.0706. The zero-order valence-electron chi connectivity index (χ0n) is 10.4. The second-order valence-corrected chi connectivity index (χ2v) is 4.34. The Morgan fingerprint density at radius 2 is 2.28 bits per heavy atom. The van der Waals surface area contributed by atoms with Gasteiger partial charge in [0.15, 0.2) is 0 Å². The minimum atomic E-state index is -0.526. The third-order valence-corrected chi connectivity index (χ3v) is 3.08. The number of carbonyl (C=O) groups excluding carboxylic acids is 1. The van der Waals surface area contributed by atoms with Crippen LogP contribution >= 0.6 is 13.5 Å². The van der Waals surface area contributed by atoms with E-state index >= 15 is 0 Å². The van der Waals surface area contributed by atoms with Crippen molar-refractivity contribution in [2.45, 2.75) is 19.5 Å². The predicted octanol–water partition coefficient (Wildman–Crippen LogP) is 1.13. The van der Waals surface area contributed by atoms with Gasteiger partial charge in [-0.25, -0.2) is 5.48 Å². The highest BCUT2D eigenvalue weighted by molar-refractivity contribution is 7.59. The summed E-state index contributed by atoms with van der Waals surface area (Å²) >= 11 is 0. The summed E-state index contributed by atoms with van der Waals surface area (Å²) in [6.07, 6.45) is 0. The molecule has 100 valence electrons. The second-order valence-electron chi connectivity index (χ2n) is 4.34. The van der Waals surface area contributed by atoms with Crippen LogP contribution in [0.15, 0.2) is 18.2 Å². The van der Waals surface area contributed by atoms with Crippen molar-refractivity contribution in [3.8, 4) is 5.75 Å². The molecule has 1 aliphatic rings. The van der Waals surface area contributed by atoms with Crippen molar-refractivity contribution in [1.82, 2.24) is 10.4 Å². The topological polar surface area (TPSA) is 61.8 Å². The average Bonchev–Trinajstić information content (AvgIpc) is 2.48. The third kappa shape index (κ3) is 2.95. The Morgan fingerprint density at radius 1 is 1.56 bits per heavy atom. The molecule has 1 aliphatic heterocycles. The molecule has 0 spiro atoms. The van der Waals surface area contributed by atoms with Gasteiger partial charge in [0, 0.05) is 23.7 Å². The molecule has 5 nitrogen and oxygen atoms in total. The maximum atomic E-state index is 11.3. The molecule has 0 radical (unpaired) electrons. The molecule has 0 saturated heterocycles. The number of rotatable bonds is 1. The van der Waals surface area contributed by atoms with Gasteiger partial charge in [0.25, 0.3) is 5.91 Å². The predicted molar refractivity (Wildman–Crippen MR) is 72.5 cm³/mol. The summed E-state index contributed by atoms with van der Waals surface area (Å²) in [5.41, 5.74) is 3.06. The number of ether oxygens (including phenoxy) is 1. The molecule has 0 saturated carbocycles. The highest BCUT2D eigenvalue weighted by atomic mass is 32.1. The van der Waals surface area contributed by atoms with Gasteiger partial charge < -0.3 is 4.74 Å². The Morgan fingerprint density at radius 3 is 2.94 bits per heavy atom. The van der Waals surface area contributed by atoms with Gasteiger partial charge in [-0.3, -0.25) is 14.9 Å². The first-order valence-electron chi connectivity index (χ1n) is 5.52. The van der Waals surface area contributed by atoms with E-state index in [0.717, 1.165) is 12.1 Å². The van der Waals surface area contributed by atoms with E-state index in [-0.39, 0.29) is 13.5 Å². The van der Waals surface area contributed by atoms with Crippen LogP contribution in [0.25, 0.3) is 0 Å². The van der Waals surface area contributed by atoms with Crippen LogP contribution in [0.2, 0.25) is 0 Å². The lowest BCUT2D eigenvalue weighted by Crippen LogP contribution is -2.31. The first-order chi connectivity index (χ1) is 8.11. The largest absolute Gasteiger partial charge is 0.492 e. The molecular weight excluding hydrogens is 252 g/mol. The summed E-state index contributed by atoms with van der Waals surface area (Å²) in [6, 6.07) is 5.52. The molecule has 2 N–H and O–H groups in total. The Hall–Kier alpha value is -1.24. The lowest BCUT2D eigenvalue weighted by Gasteiger charge is -2.19. The standard InChI is InChI=1S/C12H16N2O3.H2S/c1-8-7-17-11-5-9(12(15)13-16)3-4-10(11)6-14(8)2;/h3-5,8,16H,6-7H2,1-2H3,(H,13,15);1H2/t8-;/m0./s1. The number of carbonyl (C=O) groups is 1. The fourth-order valence-electron chi connectivity index (χ4n) is 1.79. The van der Waals surface area contributed by atoms with Crippen LogP contribution in [0.1, 0.15) is 22.8 Å². The Kier molecular flexibility index (Phi) is 5.01. The Bertz CT molecular complexity index is 439. The summed E-state index contributed by atoms with van der Waals surface area (Å²) in [5, 5.41) is 8.58. The third-order valence-electron chi connectivity index (χ3n) is 3.08. The molecule has 0 unspecified atom stereocenters. The van der Waals surface area contributed by atoms with Crippen LogP contribution in [0.4, 0.5) is 0 Å². The summed E-state index contributed by atoms with van der Waals surface area (Å²) in [5.74, 6) is 0.185. The van der Waals surface area contributed by atoms with E-state index < -0.39 is 5.91 Å². The molecule has 18 heavy (non-hydrogen) atoms. The Balaban J connectivity index is 0.00000162. The fraction of sp³-hybridized carbons (Fsp3) is 0.417. The van der Waals surface area contributed by atoms with E-state index in [4.69, 9.17) is 9.94 Å². The highest BCUT2D eigenvalue weighted by Crippen LogP contribution is 2.25. The summed E-state index contributed by atoms with van der Waals surface area (Å²) < 4.78 is 5.66. The van der Waals surface area contributed by atoms with Gasteiger partial charge in [-0.05, 0) is 26.1 Å². The average molecular weight is 270 g/mol. The molecule has 0 aliphatic carbocycles. The fourth-order valence-corrected chi connectivity index (χ4v) is 1.79. The quantitative estimate of drug-likeness (QED) is 0.593. The van der Waals surface area contributed by atoms with Gasteiger partial charge in [-0.15, -0.1) is 0 Å². The number of amides is 1. The van der Waals surface area contributed by atoms with Gasteiger partial charge in [-0.1, -0.05) is 6.07 Å². The normalized spacial score (nSPS) is 18.9. The minimum Gasteiger partial charge on any atom is -0.492 e. The smallest absolute Gasteiger partial charge is 0.274 e. The van der Waals surface area contributed by atoms with Crippen molar-refractivity contribution in [2.75, 3.05) is 13.7 Å². The molecule has 1 aromatic carbocycles. The molecule has 2 rings (SSSR count). The number of hydrogen-bond donors (Lipinski definition) is 2. The number of hydrogen-bond acceptors (Lipinski definition) is 4. The molecule has 6 heteroatoms. The van der Waals surface area contributed by atoms with Crippen molar-refractivity contribution in [3.05, 3.63) is 29.3 Å². The molecule has 1 heterocycles. The van der Waals surface area contributed by atoms with Crippen molar-refractivity contribution in [2.24, 2.45) is 0 Å². The number of nitrogens with zero attached hydrogens (tertiary/aromatic N) is 1. The van der Waals surface area contributed by atoms with E-state index in [1.54, 1.807) is 17.6 Å². The first-order valence-corrected chi connectivity index (χ1v) is 5.52. The van der Waals surface area contributed by atoms with Crippen LogP contribution in [-0.2, 0) is 6.54 Å². The van der Waals surface area contributed by atoms with Crippen molar-refractivity contribution < 1.29 is 14.7 Å². The maximum absolute atomic E-state index is 11.3. The number of hydroxylamine groups is 1. The van der Waals surface area contributed by atoms with E-state index in [9.17, 15) is 4.79 Å². The van der Waals surface area contributed by atoms with Crippen LogP contribution in [0.3, 0.4) is 0 Å². The van der Waals surface area contributed by atoms with E-state index in [1.165, 1.54) is 0 Å². The van der Waals surface area contributed by atoms with Crippen molar-refractivity contribution in [1.29, 1.82) is 0 Å². The molecule has 0 fully saturated rings. The molecule has 1 aromatic rings. The molecule has 1 atom stereocenters. The summed E-state index contributed by atoms with van der Waals surface area (Å²) in [4.78, 5) is 13.5. The van der Waals surface area contributed by atoms with Crippen LogP contribution in [0, 0.1) is 0 Å². The van der Waals surface area contributed by atoms with Crippen LogP contribution in [-0.4, -0.2) is 35.7 Å². The van der Waals surface area contributed by atoms with Gasteiger partial charge in [-0.2, -0.15) is 13.5 Å². The molecule has 0 aromatic heterocycles. The van der Waals surface area contributed by atoms with Gasteiger partial charge in [0.1, 0.15) is 12.4 Å². The number of benzene rings is 1. The number of fused-ring (bicyclic) bond motifs is 1. The van der Waals surface area contributed by atoms with E-state index in [2.05, 4.69) is 11.8 Å². The monoisotopic (exact) mass is 270 g/mol. The molecular formula is C12H18N2O3S. The summed E-state index contributed by atoms with van der Waals surface area (Å²) in [7, 11) is 2.04. The second kappa shape index (κ2) is 6.08. The lowest BCUT2D eigenvalue weighted by atomic mass is 10.1. The highest BCUT2D eigenvalue weighted by Gasteiger charge is 2.19. The van der Waals surface area contributed by atoms with Gasteiger partial charge in [0.2, 0.25) is 0 Å². The zero-order chi connectivity index (χ0) is 12.4. The van der Waals surface area contributed by atoms with E-state index in [0.29, 0.717) is 24.0 Å². The number of likely N-dealkylation sites (N-methyl/N-ethyl adjacent to an activating group) is 1. The zero-order valence-corrected chi connectivity index (χ0v) is 11.4. The van der Waals surface area contributed by atoms with Crippen LogP contribution < -0.4 is 10.2 Å². The number of nitrogens with one attached hydrogen (secondary N) is 1. The SMILES string of the molecule is C[C@H]1COc2cc(C(=O)NO)ccc2CN1C.S. The first kappa shape index (κ1) is 14.8. The van der Waals surface area contributed by atoms with Crippen molar-refractivity contribution >= 4 is 19.4 Å². The Labute approximate surface area is 113 Å². The minimum absolute atomic E-state index is 0. The van der Waals surface area contributed by atoms with Gasteiger partial charge in [0.05, 0.1) is 0 Å². The summed E-state index contributed by atoms with van der Waals surface area (Å²) in [6.45, 7) is 3.47. The molecule has 1 amide bonds. The van der Waals surface area contributed by atoms with Crippen molar-refractivity contribution in [3.63, 3.8) is 0 Å². The maximum Gasteiger partial charge on any atom is 0.274 e. The van der Waals surface area contributed by atoms with Gasteiger partial charge >= 0.3 is 0 Å². The van der Waals surface area contributed by atoms with Crippen LogP contribution in [0.5, 0.6) is 5.75 Å². The molecule has 0 bridgehead atoms. The van der Waals surface area contributed by atoms with E-state index in [1.807, 2.05) is 13.1 Å².